The summed E-state index contributed by atoms with van der Waals surface area (Å²) in [7, 11) is 0. The largest absolute Gasteiger partial charge is 0.710 e. The molecule has 0 fully saturated rings. The molecular formula is C11H11N3O. The minimum Gasteiger partial charge on any atom is -0.710 e. The molecule has 0 saturated carbocycles. The molecule has 0 radical (unpaired) electrons. The van der Waals surface area contributed by atoms with Crippen molar-refractivity contribution in [1.82, 2.24) is 10.2 Å². The van der Waals surface area contributed by atoms with Crippen LogP contribution in [0.1, 0.15) is 11.4 Å². The van der Waals surface area contributed by atoms with Gasteiger partial charge in [-0.05, 0) is 24.2 Å². The van der Waals surface area contributed by atoms with Crippen LogP contribution in [0.25, 0.3) is 11.4 Å². The molecular weight excluding hydrogens is 190 g/mol. The third-order valence-electron chi connectivity index (χ3n) is 2.35. The molecule has 76 valence electrons. The standard InChI is InChI=1S/C11H11N3O/c1-8-9(2)14(15)11(13-12-8)10-6-4-3-5-7-10/h3-7H,1-2H3. The van der Waals surface area contributed by atoms with Crippen LogP contribution in [0.4, 0.5) is 0 Å². The van der Waals surface area contributed by atoms with Gasteiger partial charge in [-0.25, -0.2) is 4.73 Å². The Kier molecular flexibility index (Phi) is 2.33. The van der Waals surface area contributed by atoms with Gasteiger partial charge in [-0.3, -0.25) is 0 Å². The molecule has 0 N–H and O–H groups in total. The molecule has 4 heteroatoms. The van der Waals surface area contributed by atoms with E-state index in [-0.39, 0.29) is 0 Å². The number of nitrogens with zero attached hydrogens (tertiary/aromatic N) is 3. The number of rotatable bonds is 1. The van der Waals surface area contributed by atoms with Gasteiger partial charge in [0.2, 0.25) is 0 Å². The van der Waals surface area contributed by atoms with Crippen LogP contribution in [0.15, 0.2) is 30.3 Å². The van der Waals surface area contributed by atoms with Crippen molar-refractivity contribution in [2.24, 2.45) is 0 Å². The third-order valence-corrected chi connectivity index (χ3v) is 2.35. The maximum absolute atomic E-state index is 11.8. The van der Waals surface area contributed by atoms with E-state index in [4.69, 9.17) is 0 Å². The predicted molar refractivity (Wildman–Crippen MR) is 55.9 cm³/mol. The molecule has 0 atom stereocenters. The number of benzene rings is 1. The lowest BCUT2D eigenvalue weighted by Gasteiger charge is -2.08. The van der Waals surface area contributed by atoms with Crippen LogP contribution in [0.5, 0.6) is 0 Å². The van der Waals surface area contributed by atoms with Gasteiger partial charge in [0.05, 0.1) is 10.7 Å². The van der Waals surface area contributed by atoms with Crippen molar-refractivity contribution in [3.8, 4) is 11.4 Å². The SMILES string of the molecule is Cc1nnc(-c2ccccc2)[n+]([O-])c1C. The van der Waals surface area contributed by atoms with Crippen LogP contribution >= 0.6 is 0 Å². The molecule has 1 heterocycles. The maximum Gasteiger partial charge on any atom is 0.361 e. The summed E-state index contributed by atoms with van der Waals surface area (Å²) in [5, 5.41) is 19.7. The van der Waals surface area contributed by atoms with E-state index < -0.39 is 0 Å². The lowest BCUT2D eigenvalue weighted by molar-refractivity contribution is -0.605. The summed E-state index contributed by atoms with van der Waals surface area (Å²) in [6.45, 7) is 3.51. The Balaban J connectivity index is 2.60. The molecule has 1 aromatic heterocycles. The summed E-state index contributed by atoms with van der Waals surface area (Å²) >= 11 is 0. The fourth-order valence-corrected chi connectivity index (χ4v) is 1.30. The maximum atomic E-state index is 11.8. The van der Waals surface area contributed by atoms with Gasteiger partial charge < -0.3 is 5.21 Å². The van der Waals surface area contributed by atoms with Crippen LogP contribution in [-0.4, -0.2) is 10.2 Å². The first-order chi connectivity index (χ1) is 7.20. The second-order valence-corrected chi connectivity index (χ2v) is 3.35. The zero-order valence-electron chi connectivity index (χ0n) is 8.64. The molecule has 0 saturated heterocycles. The quantitative estimate of drug-likeness (QED) is 0.517. The zero-order chi connectivity index (χ0) is 10.8. The molecule has 15 heavy (non-hydrogen) atoms. The summed E-state index contributed by atoms with van der Waals surface area (Å²) in [6.07, 6.45) is 0. The topological polar surface area (TPSA) is 52.7 Å². The average Bonchev–Trinajstić information content (AvgIpc) is 2.27. The molecule has 0 spiro atoms. The fraction of sp³-hybridized carbons (Fsp3) is 0.182. The Labute approximate surface area is 87.8 Å². The van der Waals surface area contributed by atoms with E-state index in [0.717, 1.165) is 10.3 Å². The highest BCUT2D eigenvalue weighted by molar-refractivity contribution is 5.50. The van der Waals surface area contributed by atoms with E-state index in [1.165, 1.54) is 0 Å². The lowest BCUT2D eigenvalue weighted by Crippen LogP contribution is -2.35. The molecule has 0 amide bonds. The van der Waals surface area contributed by atoms with Crippen molar-refractivity contribution < 1.29 is 4.73 Å². The molecule has 0 aliphatic rings. The van der Waals surface area contributed by atoms with Gasteiger partial charge in [0.15, 0.2) is 0 Å². The van der Waals surface area contributed by atoms with Gasteiger partial charge >= 0.3 is 5.82 Å². The van der Waals surface area contributed by atoms with Gasteiger partial charge in [-0.15, -0.1) is 0 Å². The average molecular weight is 201 g/mol. The molecule has 0 unspecified atom stereocenters. The van der Waals surface area contributed by atoms with Crippen molar-refractivity contribution in [2.45, 2.75) is 13.8 Å². The molecule has 2 aromatic rings. The van der Waals surface area contributed by atoms with E-state index in [2.05, 4.69) is 10.2 Å². The number of aromatic nitrogens is 3. The smallest absolute Gasteiger partial charge is 0.361 e. The van der Waals surface area contributed by atoms with E-state index in [9.17, 15) is 5.21 Å². The van der Waals surface area contributed by atoms with E-state index >= 15 is 0 Å². The number of hydrogen-bond acceptors (Lipinski definition) is 3. The first-order valence-electron chi connectivity index (χ1n) is 4.69. The minimum atomic E-state index is 0.346. The molecule has 0 bridgehead atoms. The second-order valence-electron chi connectivity index (χ2n) is 3.35. The van der Waals surface area contributed by atoms with Gasteiger partial charge in [-0.1, -0.05) is 18.2 Å². The molecule has 1 aromatic carbocycles. The lowest BCUT2D eigenvalue weighted by atomic mass is 10.2. The van der Waals surface area contributed by atoms with Crippen LogP contribution in [0, 0.1) is 19.1 Å². The highest BCUT2D eigenvalue weighted by Gasteiger charge is 2.15. The van der Waals surface area contributed by atoms with Crippen molar-refractivity contribution in [1.29, 1.82) is 0 Å². The van der Waals surface area contributed by atoms with Crippen molar-refractivity contribution in [3.63, 3.8) is 0 Å². The Morgan fingerprint density at radius 2 is 1.73 bits per heavy atom. The van der Waals surface area contributed by atoms with Crippen molar-refractivity contribution in [3.05, 3.63) is 46.9 Å². The van der Waals surface area contributed by atoms with Crippen LogP contribution < -0.4 is 4.73 Å². The monoisotopic (exact) mass is 201 g/mol. The Morgan fingerprint density at radius 1 is 1.07 bits per heavy atom. The van der Waals surface area contributed by atoms with Gasteiger partial charge in [0, 0.05) is 6.92 Å². The Hall–Kier alpha value is -1.97. The van der Waals surface area contributed by atoms with E-state index in [1.54, 1.807) is 13.8 Å². The molecule has 2 rings (SSSR count). The number of aryl methyl sites for hydroxylation is 1. The van der Waals surface area contributed by atoms with Gasteiger partial charge in [-0.2, -0.15) is 0 Å². The highest BCUT2D eigenvalue weighted by Crippen LogP contribution is 2.11. The van der Waals surface area contributed by atoms with E-state index in [1.807, 2.05) is 30.3 Å². The second kappa shape index (κ2) is 3.65. The van der Waals surface area contributed by atoms with Gasteiger partial charge in [0.25, 0.3) is 0 Å². The van der Waals surface area contributed by atoms with E-state index in [0.29, 0.717) is 17.2 Å². The summed E-state index contributed by atoms with van der Waals surface area (Å²) in [4.78, 5) is 0. The van der Waals surface area contributed by atoms with Crippen LogP contribution in [0.2, 0.25) is 0 Å². The summed E-state index contributed by atoms with van der Waals surface area (Å²) < 4.78 is 0.817. The third kappa shape index (κ3) is 1.66. The molecule has 0 aliphatic carbocycles. The highest BCUT2D eigenvalue weighted by atomic mass is 16.5. The predicted octanol–water partition coefficient (Wildman–Crippen LogP) is 1.39. The fourth-order valence-electron chi connectivity index (χ4n) is 1.30. The number of hydrogen-bond donors (Lipinski definition) is 0. The summed E-state index contributed by atoms with van der Waals surface area (Å²) in [5.41, 5.74) is 2.02. The normalized spacial score (nSPS) is 10.3. The zero-order valence-corrected chi connectivity index (χ0v) is 8.64. The summed E-state index contributed by atoms with van der Waals surface area (Å²) in [6, 6.07) is 9.31. The molecule has 4 nitrogen and oxygen atoms in total. The van der Waals surface area contributed by atoms with Crippen LogP contribution in [-0.2, 0) is 0 Å². The Morgan fingerprint density at radius 3 is 2.40 bits per heavy atom. The summed E-state index contributed by atoms with van der Waals surface area (Å²) in [5.74, 6) is 0.346. The first-order valence-corrected chi connectivity index (χ1v) is 4.69. The van der Waals surface area contributed by atoms with Crippen molar-refractivity contribution >= 4 is 0 Å². The van der Waals surface area contributed by atoms with Crippen molar-refractivity contribution in [2.75, 3.05) is 0 Å². The van der Waals surface area contributed by atoms with Gasteiger partial charge in [0.1, 0.15) is 11.4 Å². The minimum absolute atomic E-state index is 0.346. The first kappa shape index (κ1) is 9.58. The van der Waals surface area contributed by atoms with Crippen LogP contribution in [0.3, 0.4) is 0 Å². The Bertz CT molecular complexity index is 483. The molecule has 0 aliphatic heterocycles.